The third-order valence-electron chi connectivity index (χ3n) is 6.98. The van der Waals surface area contributed by atoms with Crippen molar-refractivity contribution < 1.29 is 14.2 Å². The van der Waals surface area contributed by atoms with Crippen LogP contribution >= 0.6 is 0 Å². The lowest BCUT2D eigenvalue weighted by molar-refractivity contribution is -0.0643. The van der Waals surface area contributed by atoms with Crippen LogP contribution in [-0.4, -0.2) is 41.4 Å². The van der Waals surface area contributed by atoms with Crippen molar-refractivity contribution in [2.24, 2.45) is 22.6 Å². The second kappa shape index (κ2) is 6.94. The first-order chi connectivity index (χ1) is 14.7. The Morgan fingerprint density at radius 1 is 1.10 bits per heavy atom. The lowest BCUT2D eigenvalue weighted by Gasteiger charge is -2.48. The van der Waals surface area contributed by atoms with Crippen LogP contribution in [0.4, 0.5) is 0 Å². The molecule has 0 saturated heterocycles. The molecule has 3 heterocycles. The Labute approximate surface area is 175 Å². The van der Waals surface area contributed by atoms with Gasteiger partial charge in [0, 0.05) is 36.0 Å². The lowest BCUT2D eigenvalue weighted by Crippen LogP contribution is -2.52. The van der Waals surface area contributed by atoms with E-state index in [-0.39, 0.29) is 24.1 Å². The molecule has 0 amide bonds. The Kier molecular flexibility index (Phi) is 4.19. The van der Waals surface area contributed by atoms with Crippen LogP contribution in [0.25, 0.3) is 11.1 Å². The fourth-order valence-corrected chi connectivity index (χ4v) is 5.19. The molecule has 4 atom stereocenters. The van der Waals surface area contributed by atoms with Gasteiger partial charge in [-0.1, -0.05) is 6.07 Å². The zero-order chi connectivity index (χ0) is 20.1. The molecule has 2 aromatic rings. The van der Waals surface area contributed by atoms with Gasteiger partial charge in [0.05, 0.1) is 6.10 Å². The lowest BCUT2D eigenvalue weighted by atomic mass is 9.67. The molecule has 0 bridgehead atoms. The van der Waals surface area contributed by atoms with Gasteiger partial charge in [0.15, 0.2) is 0 Å². The van der Waals surface area contributed by atoms with E-state index in [0.29, 0.717) is 6.61 Å². The highest BCUT2D eigenvalue weighted by molar-refractivity contribution is 5.75. The van der Waals surface area contributed by atoms with Crippen molar-refractivity contribution in [2.45, 2.75) is 49.9 Å². The van der Waals surface area contributed by atoms with Crippen LogP contribution in [0.2, 0.25) is 0 Å². The van der Waals surface area contributed by atoms with Crippen molar-refractivity contribution >= 4 is 6.02 Å². The van der Waals surface area contributed by atoms with Crippen molar-refractivity contribution in [1.29, 1.82) is 0 Å². The van der Waals surface area contributed by atoms with Gasteiger partial charge in [-0.3, -0.25) is 0 Å². The molecule has 1 aromatic heterocycles. The minimum absolute atomic E-state index is 0.0995. The number of hydrogen-bond acceptors (Lipinski definition) is 7. The summed E-state index contributed by atoms with van der Waals surface area (Å²) in [5, 5.41) is 0. The van der Waals surface area contributed by atoms with Gasteiger partial charge in [-0.05, 0) is 55.7 Å². The van der Waals surface area contributed by atoms with Gasteiger partial charge in [-0.25, -0.2) is 15.0 Å². The molecule has 2 saturated carbocycles. The monoisotopic (exact) mass is 406 g/mol. The summed E-state index contributed by atoms with van der Waals surface area (Å²) in [6, 6.07) is 6.49. The Morgan fingerprint density at radius 2 is 1.97 bits per heavy atom. The Balaban J connectivity index is 1.38. The third-order valence-corrected chi connectivity index (χ3v) is 6.98. The molecule has 4 aliphatic rings. The third kappa shape index (κ3) is 3.03. The predicted molar refractivity (Wildman–Crippen MR) is 111 cm³/mol. The number of ether oxygens (including phenoxy) is 3. The van der Waals surface area contributed by atoms with Crippen molar-refractivity contribution in [3.63, 3.8) is 0 Å². The van der Waals surface area contributed by atoms with Gasteiger partial charge < -0.3 is 19.9 Å². The molecular formula is C23H26N4O3. The molecule has 2 unspecified atom stereocenters. The van der Waals surface area contributed by atoms with Gasteiger partial charge in [-0.15, -0.1) is 0 Å². The molecule has 2 N–H and O–H groups in total. The van der Waals surface area contributed by atoms with Crippen molar-refractivity contribution in [1.82, 2.24) is 9.97 Å². The first kappa shape index (κ1) is 18.1. The molecule has 2 aliphatic carbocycles. The van der Waals surface area contributed by atoms with E-state index in [9.17, 15) is 0 Å². The molecule has 0 radical (unpaired) electrons. The molecule has 6 rings (SSSR count). The van der Waals surface area contributed by atoms with E-state index in [1.165, 1.54) is 19.2 Å². The summed E-state index contributed by atoms with van der Waals surface area (Å²) in [6.45, 7) is 1.33. The summed E-state index contributed by atoms with van der Waals surface area (Å²) in [5.41, 5.74) is 8.55. The SMILES string of the molecule is NC1=N[C@]2(CO1)c1cc(-c3cncnc3)ccc1OC1CCC(OCC3CC3)C[C@@H]12. The van der Waals surface area contributed by atoms with Gasteiger partial charge >= 0.3 is 0 Å². The molecule has 1 aromatic carbocycles. The average Bonchev–Trinajstić information content (AvgIpc) is 3.54. The number of aliphatic imine (C=N–C) groups is 1. The summed E-state index contributed by atoms with van der Waals surface area (Å²) < 4.78 is 18.5. The van der Waals surface area contributed by atoms with E-state index in [4.69, 9.17) is 24.9 Å². The molecule has 7 heteroatoms. The average molecular weight is 406 g/mol. The molecule has 30 heavy (non-hydrogen) atoms. The Bertz CT molecular complexity index is 978. The summed E-state index contributed by atoms with van der Waals surface area (Å²) in [5.74, 6) is 1.81. The summed E-state index contributed by atoms with van der Waals surface area (Å²) in [7, 11) is 0. The van der Waals surface area contributed by atoms with E-state index in [0.717, 1.165) is 54.2 Å². The number of fused-ring (bicyclic) bond motifs is 4. The van der Waals surface area contributed by atoms with Crippen LogP contribution in [0.3, 0.4) is 0 Å². The van der Waals surface area contributed by atoms with Crippen molar-refractivity contribution in [3.8, 4) is 16.9 Å². The van der Waals surface area contributed by atoms with Gasteiger partial charge in [0.2, 0.25) is 0 Å². The fraction of sp³-hybridized carbons (Fsp3) is 0.522. The Morgan fingerprint density at radius 3 is 2.73 bits per heavy atom. The fourth-order valence-electron chi connectivity index (χ4n) is 5.19. The van der Waals surface area contributed by atoms with E-state index >= 15 is 0 Å². The highest BCUT2D eigenvalue weighted by Gasteiger charge is 2.55. The van der Waals surface area contributed by atoms with Crippen LogP contribution in [0.5, 0.6) is 5.75 Å². The molecule has 7 nitrogen and oxygen atoms in total. The highest BCUT2D eigenvalue weighted by Crippen LogP contribution is 2.53. The minimum atomic E-state index is -0.532. The van der Waals surface area contributed by atoms with E-state index in [2.05, 4.69) is 22.1 Å². The number of nitrogens with zero attached hydrogens (tertiary/aromatic N) is 3. The van der Waals surface area contributed by atoms with Crippen LogP contribution in [0.1, 0.15) is 37.7 Å². The van der Waals surface area contributed by atoms with E-state index < -0.39 is 5.54 Å². The smallest absolute Gasteiger partial charge is 0.283 e. The number of aromatic nitrogens is 2. The quantitative estimate of drug-likeness (QED) is 0.839. The van der Waals surface area contributed by atoms with Crippen LogP contribution in [-0.2, 0) is 15.0 Å². The minimum Gasteiger partial charge on any atom is -0.490 e. The Hall–Kier alpha value is -2.67. The summed E-state index contributed by atoms with van der Waals surface area (Å²) in [6.07, 6.45) is 11.0. The zero-order valence-electron chi connectivity index (χ0n) is 16.9. The number of nitrogens with two attached hydrogens (primary N) is 1. The first-order valence-corrected chi connectivity index (χ1v) is 10.9. The largest absolute Gasteiger partial charge is 0.490 e. The molecule has 1 spiro atoms. The summed E-state index contributed by atoms with van der Waals surface area (Å²) in [4.78, 5) is 13.2. The van der Waals surface area contributed by atoms with Crippen LogP contribution < -0.4 is 10.5 Å². The maximum atomic E-state index is 6.48. The maximum absolute atomic E-state index is 6.48. The van der Waals surface area contributed by atoms with Gasteiger partial charge in [0.1, 0.15) is 30.3 Å². The zero-order valence-corrected chi connectivity index (χ0v) is 16.9. The first-order valence-electron chi connectivity index (χ1n) is 10.9. The molecular weight excluding hydrogens is 380 g/mol. The molecule has 156 valence electrons. The topological polar surface area (TPSA) is 91.9 Å². The van der Waals surface area contributed by atoms with Crippen LogP contribution in [0, 0.1) is 11.8 Å². The standard InChI is InChI=1S/C23H26N4O3/c24-22-27-23(12-29-22)18-7-15(16-9-25-13-26-10-16)3-5-20(18)30-21-6-4-17(8-19(21)23)28-11-14-1-2-14/h3,5,7,9-10,13-14,17,19,21H,1-2,4,6,8,11-12H2,(H2,24,27)/t17?,19-,21?,23+/m0/s1. The van der Waals surface area contributed by atoms with Crippen molar-refractivity contribution in [3.05, 3.63) is 42.5 Å². The van der Waals surface area contributed by atoms with E-state index in [1.807, 2.05) is 18.5 Å². The number of benzene rings is 1. The molecule has 2 fully saturated rings. The predicted octanol–water partition coefficient (Wildman–Crippen LogP) is 3.04. The number of hydrogen-bond donors (Lipinski definition) is 1. The van der Waals surface area contributed by atoms with Gasteiger partial charge in [-0.2, -0.15) is 0 Å². The highest BCUT2D eigenvalue weighted by atomic mass is 16.5. The second-order valence-electron chi connectivity index (χ2n) is 8.98. The van der Waals surface area contributed by atoms with Crippen LogP contribution in [0.15, 0.2) is 41.9 Å². The number of rotatable bonds is 4. The normalized spacial score (nSPS) is 32.0. The second-order valence-corrected chi connectivity index (χ2v) is 8.98. The number of amidine groups is 1. The molecule has 2 aliphatic heterocycles. The summed E-state index contributed by atoms with van der Waals surface area (Å²) >= 11 is 0. The van der Waals surface area contributed by atoms with E-state index in [1.54, 1.807) is 0 Å². The van der Waals surface area contributed by atoms with Gasteiger partial charge in [0.25, 0.3) is 6.02 Å². The maximum Gasteiger partial charge on any atom is 0.283 e. The van der Waals surface area contributed by atoms with Crippen molar-refractivity contribution in [2.75, 3.05) is 13.2 Å².